The molecule has 0 spiro atoms. The van der Waals surface area contributed by atoms with E-state index in [1.807, 2.05) is 6.07 Å². The smallest absolute Gasteiger partial charge is 0.301 e. The molecule has 1 aromatic heterocycles. The van der Waals surface area contributed by atoms with Crippen molar-refractivity contribution in [1.29, 1.82) is 0 Å². The summed E-state index contributed by atoms with van der Waals surface area (Å²) in [5, 5.41) is 11.3. The number of benzene rings is 1. The molecule has 0 aliphatic carbocycles. The van der Waals surface area contributed by atoms with Crippen LogP contribution in [0.4, 0.5) is 5.69 Å². The van der Waals surface area contributed by atoms with E-state index in [1.54, 1.807) is 25.2 Å². The van der Waals surface area contributed by atoms with Gasteiger partial charge < -0.3 is 4.74 Å². The third-order valence-electron chi connectivity index (χ3n) is 3.30. The zero-order valence-corrected chi connectivity index (χ0v) is 12.8. The van der Waals surface area contributed by atoms with Crippen LogP contribution in [0.25, 0.3) is 11.4 Å². The van der Waals surface area contributed by atoms with Crippen LogP contribution in [0.2, 0.25) is 0 Å². The number of ether oxygens (including phenoxy) is 1. The van der Waals surface area contributed by atoms with E-state index in [0.717, 1.165) is 5.56 Å². The lowest BCUT2D eigenvalue weighted by atomic mass is 10.2. The minimum atomic E-state index is -3.59. The number of nitrogens with one attached hydrogen (secondary N) is 1. The summed E-state index contributed by atoms with van der Waals surface area (Å²) in [5.41, 5.74) is 1.20. The van der Waals surface area contributed by atoms with E-state index in [9.17, 15) is 8.42 Å². The van der Waals surface area contributed by atoms with Crippen LogP contribution in [0.3, 0.4) is 0 Å². The SMILES string of the molecule is Cn1nnnc1-c1cccc(NS(=O)(=O)N2CCOCC2)c1. The highest BCUT2D eigenvalue weighted by atomic mass is 32.2. The zero-order valence-electron chi connectivity index (χ0n) is 12.0. The molecule has 0 amide bonds. The molecule has 0 saturated carbocycles. The van der Waals surface area contributed by atoms with Gasteiger partial charge in [0.05, 0.1) is 18.9 Å². The van der Waals surface area contributed by atoms with Gasteiger partial charge in [0.2, 0.25) is 0 Å². The van der Waals surface area contributed by atoms with Crippen molar-refractivity contribution in [2.75, 3.05) is 31.0 Å². The average Bonchev–Trinajstić information content (AvgIpc) is 2.94. The summed E-state index contributed by atoms with van der Waals surface area (Å²) in [4.78, 5) is 0. The molecule has 1 aromatic carbocycles. The Balaban J connectivity index is 1.82. The van der Waals surface area contributed by atoms with Gasteiger partial charge >= 0.3 is 10.2 Å². The molecule has 1 N–H and O–H groups in total. The Labute approximate surface area is 128 Å². The van der Waals surface area contributed by atoms with E-state index >= 15 is 0 Å². The Morgan fingerprint density at radius 3 is 2.73 bits per heavy atom. The van der Waals surface area contributed by atoms with E-state index in [0.29, 0.717) is 37.8 Å². The molecule has 1 aliphatic rings. The fourth-order valence-corrected chi connectivity index (χ4v) is 3.38. The van der Waals surface area contributed by atoms with Crippen molar-refractivity contribution in [1.82, 2.24) is 24.5 Å². The molecule has 2 aromatic rings. The topological polar surface area (TPSA) is 102 Å². The molecule has 10 heteroatoms. The highest BCUT2D eigenvalue weighted by Crippen LogP contribution is 2.21. The minimum absolute atomic E-state index is 0.349. The summed E-state index contributed by atoms with van der Waals surface area (Å²) in [7, 11) is -1.87. The van der Waals surface area contributed by atoms with E-state index in [-0.39, 0.29) is 0 Å². The summed E-state index contributed by atoms with van der Waals surface area (Å²) in [6, 6.07) is 6.95. The van der Waals surface area contributed by atoms with E-state index < -0.39 is 10.2 Å². The van der Waals surface area contributed by atoms with Gasteiger partial charge in [0, 0.05) is 25.7 Å². The first kappa shape index (κ1) is 14.9. The molecule has 0 unspecified atom stereocenters. The largest absolute Gasteiger partial charge is 0.379 e. The predicted octanol–water partition coefficient (Wildman–Crippen LogP) is -0.134. The highest BCUT2D eigenvalue weighted by molar-refractivity contribution is 7.90. The number of morpholine rings is 1. The molecule has 0 bridgehead atoms. The summed E-state index contributed by atoms with van der Waals surface area (Å²) < 4.78 is 35.3. The zero-order chi connectivity index (χ0) is 15.6. The Bertz CT molecular complexity index is 754. The van der Waals surface area contributed by atoms with Crippen molar-refractivity contribution in [2.24, 2.45) is 7.05 Å². The standard InChI is InChI=1S/C12H16N6O3S/c1-17-12(13-15-16-17)10-3-2-4-11(9-10)14-22(19,20)18-5-7-21-8-6-18/h2-4,9,14H,5-8H2,1H3. The fraction of sp³-hybridized carbons (Fsp3) is 0.417. The number of hydrogen-bond donors (Lipinski definition) is 1. The van der Waals surface area contributed by atoms with E-state index in [4.69, 9.17) is 4.74 Å². The normalized spacial score (nSPS) is 16.6. The van der Waals surface area contributed by atoms with Crippen molar-refractivity contribution >= 4 is 15.9 Å². The van der Waals surface area contributed by atoms with Crippen molar-refractivity contribution in [3.05, 3.63) is 24.3 Å². The van der Waals surface area contributed by atoms with Crippen molar-refractivity contribution < 1.29 is 13.2 Å². The Morgan fingerprint density at radius 2 is 2.05 bits per heavy atom. The number of anilines is 1. The van der Waals surface area contributed by atoms with Gasteiger partial charge in [-0.1, -0.05) is 12.1 Å². The van der Waals surface area contributed by atoms with Crippen molar-refractivity contribution in [3.8, 4) is 11.4 Å². The second-order valence-electron chi connectivity index (χ2n) is 4.83. The summed E-state index contributed by atoms with van der Waals surface area (Å²) in [6.07, 6.45) is 0. The minimum Gasteiger partial charge on any atom is -0.379 e. The highest BCUT2D eigenvalue weighted by Gasteiger charge is 2.24. The van der Waals surface area contributed by atoms with Crippen LogP contribution < -0.4 is 4.72 Å². The summed E-state index contributed by atoms with van der Waals surface area (Å²) in [6.45, 7) is 1.52. The van der Waals surface area contributed by atoms with Crippen molar-refractivity contribution in [3.63, 3.8) is 0 Å². The van der Waals surface area contributed by atoms with Gasteiger partial charge in [0.25, 0.3) is 0 Å². The number of aromatic nitrogens is 4. The van der Waals surface area contributed by atoms with Crippen LogP contribution in [0.5, 0.6) is 0 Å². The first-order valence-electron chi connectivity index (χ1n) is 6.75. The monoisotopic (exact) mass is 324 g/mol. The summed E-state index contributed by atoms with van der Waals surface area (Å²) >= 11 is 0. The third kappa shape index (κ3) is 3.08. The lowest BCUT2D eigenvalue weighted by Crippen LogP contribution is -2.43. The average molecular weight is 324 g/mol. The second-order valence-corrected chi connectivity index (χ2v) is 6.50. The molecule has 0 atom stereocenters. The second kappa shape index (κ2) is 5.99. The summed E-state index contributed by atoms with van der Waals surface area (Å²) in [5.74, 6) is 0.562. The molecular weight excluding hydrogens is 308 g/mol. The van der Waals surface area contributed by atoms with Gasteiger partial charge in [-0.15, -0.1) is 5.10 Å². The molecule has 0 radical (unpaired) electrons. The van der Waals surface area contributed by atoms with Crippen LogP contribution in [0.15, 0.2) is 24.3 Å². The Hall–Kier alpha value is -2.04. The number of nitrogens with zero attached hydrogens (tertiary/aromatic N) is 5. The van der Waals surface area contributed by atoms with Gasteiger partial charge in [-0.25, -0.2) is 4.68 Å². The lowest BCUT2D eigenvalue weighted by Gasteiger charge is -2.26. The van der Waals surface area contributed by atoms with Crippen LogP contribution in [-0.2, 0) is 22.0 Å². The molecule has 2 heterocycles. The maximum Gasteiger partial charge on any atom is 0.301 e. The van der Waals surface area contributed by atoms with Gasteiger partial charge in [-0.2, -0.15) is 12.7 Å². The number of aryl methyl sites for hydroxylation is 1. The first-order chi connectivity index (χ1) is 10.6. The van der Waals surface area contributed by atoms with E-state index in [1.165, 1.54) is 8.99 Å². The molecule has 1 fully saturated rings. The molecule has 1 saturated heterocycles. The molecule has 3 rings (SSSR count). The fourth-order valence-electron chi connectivity index (χ4n) is 2.20. The molecule has 9 nitrogen and oxygen atoms in total. The van der Waals surface area contributed by atoms with Crippen LogP contribution >= 0.6 is 0 Å². The number of rotatable bonds is 4. The number of hydrogen-bond acceptors (Lipinski definition) is 6. The lowest BCUT2D eigenvalue weighted by molar-refractivity contribution is 0.0733. The molecule has 22 heavy (non-hydrogen) atoms. The first-order valence-corrected chi connectivity index (χ1v) is 8.19. The van der Waals surface area contributed by atoms with E-state index in [2.05, 4.69) is 20.2 Å². The quantitative estimate of drug-likeness (QED) is 0.840. The van der Waals surface area contributed by atoms with Gasteiger partial charge in [-0.3, -0.25) is 4.72 Å². The Morgan fingerprint density at radius 1 is 1.27 bits per heavy atom. The molecule has 1 aliphatic heterocycles. The predicted molar refractivity (Wildman–Crippen MR) is 79.2 cm³/mol. The maximum atomic E-state index is 12.3. The van der Waals surface area contributed by atoms with Crippen molar-refractivity contribution in [2.45, 2.75) is 0 Å². The maximum absolute atomic E-state index is 12.3. The van der Waals surface area contributed by atoms with Crippen LogP contribution in [-0.4, -0.2) is 59.2 Å². The van der Waals surface area contributed by atoms with Crippen LogP contribution in [0, 0.1) is 0 Å². The number of tetrazole rings is 1. The van der Waals surface area contributed by atoms with Gasteiger partial charge in [-0.05, 0) is 22.6 Å². The molecule has 118 valence electrons. The third-order valence-corrected chi connectivity index (χ3v) is 4.84. The molecular formula is C12H16N6O3S. The van der Waals surface area contributed by atoms with Crippen LogP contribution in [0.1, 0.15) is 0 Å². The van der Waals surface area contributed by atoms with Gasteiger partial charge in [0.15, 0.2) is 5.82 Å². The van der Waals surface area contributed by atoms with Gasteiger partial charge in [0.1, 0.15) is 0 Å². The Kier molecular flexibility index (Phi) is 4.05.